The van der Waals surface area contributed by atoms with Gasteiger partial charge in [-0.3, -0.25) is 4.79 Å². The topological polar surface area (TPSA) is 46.9 Å². The van der Waals surface area contributed by atoms with Gasteiger partial charge in [0.25, 0.3) is 5.56 Å². The van der Waals surface area contributed by atoms with Crippen LogP contribution in [0.4, 0.5) is 5.82 Å². The second-order valence-electron chi connectivity index (χ2n) is 6.34. The first-order chi connectivity index (χ1) is 9.90. The number of aromatic nitrogens is 2. The number of hydrogen-bond donors (Lipinski definition) is 1. The molecule has 0 bridgehead atoms. The molecule has 5 heteroatoms. The molecule has 2 aromatic heterocycles. The van der Waals surface area contributed by atoms with E-state index in [0.717, 1.165) is 0 Å². The third-order valence-corrected chi connectivity index (χ3v) is 4.60. The summed E-state index contributed by atoms with van der Waals surface area (Å²) in [5.74, 6) is 0.864. The second-order valence-corrected chi connectivity index (χ2v) is 7.29. The van der Waals surface area contributed by atoms with Crippen molar-refractivity contribution in [3.8, 4) is 0 Å². The SMILES string of the molecule is CC(C)Cn1ccnc(NCC(C)(C)c2cccs2)c1=O. The van der Waals surface area contributed by atoms with Crippen LogP contribution in [-0.4, -0.2) is 16.1 Å². The quantitative estimate of drug-likeness (QED) is 0.890. The molecule has 2 rings (SSSR count). The lowest BCUT2D eigenvalue weighted by atomic mass is 9.91. The second kappa shape index (κ2) is 6.43. The Hall–Kier alpha value is -1.62. The fourth-order valence-corrected chi connectivity index (χ4v) is 3.01. The lowest BCUT2D eigenvalue weighted by Gasteiger charge is -2.24. The monoisotopic (exact) mass is 305 g/mol. The zero-order valence-electron chi connectivity index (χ0n) is 13.1. The first kappa shape index (κ1) is 15.8. The Bertz CT molecular complexity index is 629. The first-order valence-corrected chi connectivity index (χ1v) is 8.11. The Kier molecular flexibility index (Phi) is 4.83. The maximum atomic E-state index is 12.3. The summed E-state index contributed by atoms with van der Waals surface area (Å²) in [6.07, 6.45) is 3.43. The van der Waals surface area contributed by atoms with Crippen LogP contribution in [0.5, 0.6) is 0 Å². The molecule has 2 aromatic rings. The molecule has 0 aliphatic rings. The minimum Gasteiger partial charge on any atom is -0.365 e. The molecule has 0 spiro atoms. The van der Waals surface area contributed by atoms with E-state index < -0.39 is 0 Å². The highest BCUT2D eigenvalue weighted by molar-refractivity contribution is 7.10. The molecule has 0 aromatic carbocycles. The summed E-state index contributed by atoms with van der Waals surface area (Å²) in [4.78, 5) is 17.8. The van der Waals surface area contributed by atoms with Gasteiger partial charge in [-0.15, -0.1) is 11.3 Å². The maximum absolute atomic E-state index is 12.3. The molecule has 0 fully saturated rings. The number of hydrogen-bond acceptors (Lipinski definition) is 4. The standard InChI is InChI=1S/C16H23N3OS/c1-12(2)10-19-8-7-17-14(15(19)20)18-11-16(3,4)13-6-5-9-21-13/h5-9,12H,10-11H2,1-4H3,(H,17,18). The van der Waals surface area contributed by atoms with Crippen molar-refractivity contribution in [2.45, 2.75) is 39.7 Å². The molecule has 0 aliphatic heterocycles. The number of rotatable bonds is 6. The molecular formula is C16H23N3OS. The van der Waals surface area contributed by atoms with Gasteiger partial charge >= 0.3 is 0 Å². The highest BCUT2D eigenvalue weighted by Gasteiger charge is 2.22. The molecule has 0 saturated heterocycles. The highest BCUT2D eigenvalue weighted by Crippen LogP contribution is 2.27. The van der Waals surface area contributed by atoms with Crippen molar-refractivity contribution < 1.29 is 0 Å². The van der Waals surface area contributed by atoms with Crippen LogP contribution in [0.15, 0.2) is 34.7 Å². The molecule has 0 amide bonds. The van der Waals surface area contributed by atoms with E-state index >= 15 is 0 Å². The molecule has 0 saturated carbocycles. The Balaban J connectivity index is 2.12. The van der Waals surface area contributed by atoms with E-state index in [0.29, 0.717) is 24.8 Å². The molecular weight excluding hydrogens is 282 g/mol. The van der Waals surface area contributed by atoms with E-state index in [9.17, 15) is 4.79 Å². The van der Waals surface area contributed by atoms with Crippen molar-refractivity contribution in [2.75, 3.05) is 11.9 Å². The van der Waals surface area contributed by atoms with Crippen LogP contribution in [0.25, 0.3) is 0 Å². The van der Waals surface area contributed by atoms with Crippen molar-refractivity contribution in [2.24, 2.45) is 5.92 Å². The van der Waals surface area contributed by atoms with Crippen LogP contribution in [0.3, 0.4) is 0 Å². The lowest BCUT2D eigenvalue weighted by Crippen LogP contribution is -2.31. The minimum atomic E-state index is -0.0480. The van der Waals surface area contributed by atoms with Gasteiger partial charge in [0.15, 0.2) is 5.82 Å². The van der Waals surface area contributed by atoms with Gasteiger partial charge in [-0.1, -0.05) is 33.8 Å². The Morgan fingerprint density at radius 1 is 1.43 bits per heavy atom. The Morgan fingerprint density at radius 2 is 2.19 bits per heavy atom. The van der Waals surface area contributed by atoms with E-state index in [4.69, 9.17) is 0 Å². The van der Waals surface area contributed by atoms with Crippen LogP contribution < -0.4 is 10.9 Å². The van der Waals surface area contributed by atoms with Crippen LogP contribution in [0.1, 0.15) is 32.6 Å². The summed E-state index contributed by atoms with van der Waals surface area (Å²) >= 11 is 1.74. The van der Waals surface area contributed by atoms with Gasteiger partial charge in [-0.05, 0) is 17.4 Å². The van der Waals surface area contributed by atoms with Gasteiger partial charge in [-0.25, -0.2) is 4.98 Å². The molecule has 1 N–H and O–H groups in total. The van der Waals surface area contributed by atoms with Crippen LogP contribution >= 0.6 is 11.3 Å². The average molecular weight is 305 g/mol. The number of nitrogens with one attached hydrogen (secondary N) is 1. The van der Waals surface area contributed by atoms with Crippen molar-refractivity contribution in [1.82, 2.24) is 9.55 Å². The van der Waals surface area contributed by atoms with Gasteiger partial charge in [0.05, 0.1) is 0 Å². The maximum Gasteiger partial charge on any atom is 0.293 e. The van der Waals surface area contributed by atoms with Gasteiger partial charge in [0.1, 0.15) is 0 Å². The highest BCUT2D eigenvalue weighted by atomic mass is 32.1. The van der Waals surface area contributed by atoms with Gasteiger partial charge in [0.2, 0.25) is 0 Å². The summed E-state index contributed by atoms with van der Waals surface area (Å²) in [6, 6.07) is 4.18. The van der Waals surface area contributed by atoms with Gasteiger partial charge < -0.3 is 9.88 Å². The average Bonchev–Trinajstić information content (AvgIpc) is 2.94. The molecule has 0 unspecified atom stereocenters. The van der Waals surface area contributed by atoms with Crippen molar-refractivity contribution in [1.29, 1.82) is 0 Å². The Labute approximate surface area is 129 Å². The third kappa shape index (κ3) is 3.94. The number of nitrogens with zero attached hydrogens (tertiary/aromatic N) is 2. The van der Waals surface area contributed by atoms with Crippen molar-refractivity contribution in [3.05, 3.63) is 45.1 Å². The van der Waals surface area contributed by atoms with Crippen LogP contribution in [-0.2, 0) is 12.0 Å². The summed E-state index contributed by atoms with van der Waals surface area (Å²) in [5, 5.41) is 5.29. The first-order valence-electron chi connectivity index (χ1n) is 7.23. The summed E-state index contributed by atoms with van der Waals surface area (Å²) in [5.41, 5.74) is -0.0748. The van der Waals surface area contributed by atoms with Crippen molar-refractivity contribution in [3.63, 3.8) is 0 Å². The normalized spacial score (nSPS) is 11.9. The van der Waals surface area contributed by atoms with Gasteiger partial charge in [-0.2, -0.15) is 0 Å². The van der Waals surface area contributed by atoms with Crippen LogP contribution in [0.2, 0.25) is 0 Å². The largest absolute Gasteiger partial charge is 0.365 e. The predicted molar refractivity (Wildman–Crippen MR) is 89.2 cm³/mol. The summed E-state index contributed by atoms with van der Waals surface area (Å²) in [7, 11) is 0. The molecule has 2 heterocycles. The van der Waals surface area contributed by atoms with E-state index in [2.05, 4.69) is 55.5 Å². The zero-order chi connectivity index (χ0) is 15.5. The third-order valence-electron chi connectivity index (χ3n) is 3.36. The lowest BCUT2D eigenvalue weighted by molar-refractivity contribution is 0.508. The number of thiophene rings is 1. The fraction of sp³-hybridized carbons (Fsp3) is 0.500. The summed E-state index contributed by atoms with van der Waals surface area (Å²) in [6.45, 7) is 9.92. The molecule has 114 valence electrons. The fourth-order valence-electron chi connectivity index (χ4n) is 2.16. The van der Waals surface area contributed by atoms with E-state index in [1.807, 2.05) is 0 Å². The van der Waals surface area contributed by atoms with Gasteiger partial charge in [0, 0.05) is 35.8 Å². The minimum absolute atomic E-state index is 0.0268. The summed E-state index contributed by atoms with van der Waals surface area (Å²) < 4.78 is 1.72. The van der Waals surface area contributed by atoms with Crippen LogP contribution in [0, 0.1) is 5.92 Å². The Morgan fingerprint density at radius 3 is 2.81 bits per heavy atom. The van der Waals surface area contributed by atoms with Crippen molar-refractivity contribution >= 4 is 17.2 Å². The zero-order valence-corrected chi connectivity index (χ0v) is 13.9. The molecule has 4 nitrogen and oxygen atoms in total. The molecule has 0 radical (unpaired) electrons. The number of anilines is 1. The van der Waals surface area contributed by atoms with E-state index in [-0.39, 0.29) is 11.0 Å². The smallest absolute Gasteiger partial charge is 0.293 e. The predicted octanol–water partition coefficient (Wildman–Crippen LogP) is 3.35. The van der Waals surface area contributed by atoms with E-state index in [1.54, 1.807) is 28.3 Å². The van der Waals surface area contributed by atoms with E-state index in [1.165, 1.54) is 4.88 Å². The molecule has 0 atom stereocenters. The molecule has 0 aliphatic carbocycles. The molecule has 21 heavy (non-hydrogen) atoms.